The Morgan fingerprint density at radius 1 is 1.53 bits per heavy atom. The van der Waals surface area contributed by atoms with Gasteiger partial charge in [-0.05, 0) is 37.1 Å². The van der Waals surface area contributed by atoms with Crippen LogP contribution in [0.3, 0.4) is 0 Å². The number of hydrogen-bond acceptors (Lipinski definition) is 3. The second-order valence-corrected chi connectivity index (χ2v) is 5.46. The Morgan fingerprint density at radius 2 is 2.35 bits per heavy atom. The van der Waals surface area contributed by atoms with Gasteiger partial charge in [-0.15, -0.1) is 0 Å². The number of hydrogen-bond donors (Lipinski definition) is 2. The second kappa shape index (κ2) is 5.85. The third-order valence-corrected chi connectivity index (χ3v) is 3.73. The van der Waals surface area contributed by atoms with Gasteiger partial charge in [-0.3, -0.25) is 0 Å². The molecule has 0 radical (unpaired) electrons. The number of benzene rings is 1. The predicted octanol–water partition coefficient (Wildman–Crippen LogP) is 1.92. The number of aryl methyl sites for hydroxylation is 1. The summed E-state index contributed by atoms with van der Waals surface area (Å²) in [7, 11) is 0. The second-order valence-electron chi connectivity index (χ2n) is 4.54. The Morgan fingerprint density at radius 3 is 3.06 bits per heavy atom. The lowest BCUT2D eigenvalue weighted by molar-refractivity contribution is 0.260. The van der Waals surface area contributed by atoms with Crippen molar-refractivity contribution in [3.05, 3.63) is 28.2 Å². The maximum absolute atomic E-state index is 9.00. The van der Waals surface area contributed by atoms with E-state index in [0.29, 0.717) is 6.04 Å². The Hall–Kier alpha value is -0.580. The Balaban J connectivity index is 2.10. The van der Waals surface area contributed by atoms with Gasteiger partial charge in [0.2, 0.25) is 0 Å². The summed E-state index contributed by atoms with van der Waals surface area (Å²) in [5, 5.41) is 12.4. The average molecular weight is 299 g/mol. The van der Waals surface area contributed by atoms with Crippen molar-refractivity contribution in [1.29, 1.82) is 0 Å². The fourth-order valence-corrected chi connectivity index (χ4v) is 2.84. The molecule has 17 heavy (non-hydrogen) atoms. The lowest BCUT2D eigenvalue weighted by atomic mass is 10.1. The van der Waals surface area contributed by atoms with Gasteiger partial charge in [0.25, 0.3) is 0 Å². The molecule has 0 saturated carbocycles. The molecule has 1 unspecified atom stereocenters. The van der Waals surface area contributed by atoms with Gasteiger partial charge >= 0.3 is 0 Å². The van der Waals surface area contributed by atoms with Crippen LogP contribution in [-0.4, -0.2) is 37.4 Å². The van der Waals surface area contributed by atoms with Crippen molar-refractivity contribution in [2.24, 2.45) is 0 Å². The highest BCUT2D eigenvalue weighted by Crippen LogP contribution is 2.24. The SMILES string of the molecule is Cc1cc(Br)ccc1N1CCNC(CCO)C1. The number of aliphatic hydroxyl groups is 1. The Kier molecular flexibility index (Phi) is 4.42. The van der Waals surface area contributed by atoms with Gasteiger partial charge in [-0.2, -0.15) is 0 Å². The lowest BCUT2D eigenvalue weighted by Gasteiger charge is -2.36. The molecule has 0 bridgehead atoms. The van der Waals surface area contributed by atoms with Crippen LogP contribution in [0.2, 0.25) is 0 Å². The van der Waals surface area contributed by atoms with Crippen LogP contribution in [0.1, 0.15) is 12.0 Å². The fourth-order valence-electron chi connectivity index (χ4n) is 2.37. The number of anilines is 1. The first-order valence-electron chi connectivity index (χ1n) is 6.06. The Labute approximate surface area is 111 Å². The molecule has 94 valence electrons. The van der Waals surface area contributed by atoms with Gasteiger partial charge in [-0.25, -0.2) is 0 Å². The van der Waals surface area contributed by atoms with Crippen LogP contribution < -0.4 is 10.2 Å². The first kappa shape index (κ1) is 12.9. The summed E-state index contributed by atoms with van der Waals surface area (Å²) in [5.74, 6) is 0. The van der Waals surface area contributed by atoms with Gasteiger partial charge in [-0.1, -0.05) is 15.9 Å². The molecule has 0 aliphatic carbocycles. The Bertz CT molecular complexity index is 382. The molecule has 0 amide bonds. The number of nitrogens with zero attached hydrogens (tertiary/aromatic N) is 1. The van der Waals surface area contributed by atoms with E-state index in [1.807, 2.05) is 0 Å². The molecular formula is C13H19BrN2O. The normalized spacial score (nSPS) is 20.6. The van der Waals surface area contributed by atoms with E-state index in [1.54, 1.807) is 0 Å². The van der Waals surface area contributed by atoms with Crippen LogP contribution in [-0.2, 0) is 0 Å². The van der Waals surface area contributed by atoms with Crippen molar-refractivity contribution in [3.63, 3.8) is 0 Å². The van der Waals surface area contributed by atoms with Gasteiger partial charge in [0.05, 0.1) is 0 Å². The van der Waals surface area contributed by atoms with Crippen molar-refractivity contribution in [2.75, 3.05) is 31.1 Å². The van der Waals surface area contributed by atoms with E-state index >= 15 is 0 Å². The molecular weight excluding hydrogens is 280 g/mol. The highest BCUT2D eigenvalue weighted by molar-refractivity contribution is 9.10. The van der Waals surface area contributed by atoms with Crippen LogP contribution >= 0.6 is 15.9 Å². The van der Waals surface area contributed by atoms with Crippen molar-refractivity contribution >= 4 is 21.6 Å². The summed E-state index contributed by atoms with van der Waals surface area (Å²) < 4.78 is 1.13. The number of rotatable bonds is 3. The zero-order valence-corrected chi connectivity index (χ0v) is 11.7. The number of halogens is 1. The van der Waals surface area contributed by atoms with E-state index in [9.17, 15) is 0 Å². The quantitative estimate of drug-likeness (QED) is 0.895. The van der Waals surface area contributed by atoms with Crippen molar-refractivity contribution < 1.29 is 5.11 Å². The van der Waals surface area contributed by atoms with Crippen molar-refractivity contribution in [3.8, 4) is 0 Å². The molecule has 3 nitrogen and oxygen atoms in total. The van der Waals surface area contributed by atoms with E-state index < -0.39 is 0 Å². The minimum Gasteiger partial charge on any atom is -0.396 e. The van der Waals surface area contributed by atoms with E-state index in [2.05, 4.69) is 51.3 Å². The van der Waals surface area contributed by atoms with Crippen molar-refractivity contribution in [2.45, 2.75) is 19.4 Å². The number of nitrogens with one attached hydrogen (secondary N) is 1. The standard InChI is InChI=1S/C13H19BrN2O/c1-10-8-11(14)2-3-13(10)16-6-5-15-12(9-16)4-7-17/h2-3,8,12,15,17H,4-7,9H2,1H3. The zero-order chi connectivity index (χ0) is 12.3. The van der Waals surface area contributed by atoms with E-state index in [4.69, 9.17) is 5.11 Å². The molecule has 2 rings (SSSR count). The summed E-state index contributed by atoms with van der Waals surface area (Å²) in [6.45, 7) is 5.39. The molecule has 1 heterocycles. The molecule has 1 aliphatic heterocycles. The molecule has 1 aromatic carbocycles. The van der Waals surface area contributed by atoms with Crippen LogP contribution in [0, 0.1) is 6.92 Å². The summed E-state index contributed by atoms with van der Waals surface area (Å²) in [6.07, 6.45) is 0.825. The lowest BCUT2D eigenvalue weighted by Crippen LogP contribution is -2.51. The van der Waals surface area contributed by atoms with E-state index in [1.165, 1.54) is 11.3 Å². The van der Waals surface area contributed by atoms with Gasteiger partial charge in [0.1, 0.15) is 0 Å². The van der Waals surface area contributed by atoms with Gasteiger partial charge < -0.3 is 15.3 Å². The molecule has 2 N–H and O–H groups in total. The summed E-state index contributed by atoms with van der Waals surface area (Å²) in [5.41, 5.74) is 2.60. The van der Waals surface area contributed by atoms with Crippen LogP contribution in [0.15, 0.2) is 22.7 Å². The van der Waals surface area contributed by atoms with Gasteiger partial charge in [0, 0.05) is 42.4 Å². The highest BCUT2D eigenvalue weighted by atomic mass is 79.9. The zero-order valence-electron chi connectivity index (χ0n) is 10.1. The van der Waals surface area contributed by atoms with Gasteiger partial charge in [0.15, 0.2) is 0 Å². The topological polar surface area (TPSA) is 35.5 Å². The van der Waals surface area contributed by atoms with E-state index in [-0.39, 0.29) is 6.61 Å². The molecule has 0 aromatic heterocycles. The smallest absolute Gasteiger partial charge is 0.0446 e. The molecule has 0 spiro atoms. The minimum absolute atomic E-state index is 0.255. The molecule has 1 atom stereocenters. The third kappa shape index (κ3) is 3.21. The van der Waals surface area contributed by atoms with Crippen molar-refractivity contribution in [1.82, 2.24) is 5.32 Å². The first-order valence-corrected chi connectivity index (χ1v) is 6.85. The summed E-state index contributed by atoms with van der Waals surface area (Å²) in [6, 6.07) is 6.81. The molecule has 1 aromatic rings. The summed E-state index contributed by atoms with van der Waals surface area (Å²) >= 11 is 3.49. The fraction of sp³-hybridized carbons (Fsp3) is 0.538. The van der Waals surface area contributed by atoms with Crippen LogP contribution in [0.25, 0.3) is 0 Å². The highest BCUT2D eigenvalue weighted by Gasteiger charge is 2.19. The molecule has 1 saturated heterocycles. The maximum Gasteiger partial charge on any atom is 0.0446 e. The first-order chi connectivity index (χ1) is 8.20. The van der Waals surface area contributed by atoms with E-state index in [0.717, 1.165) is 30.5 Å². The molecule has 1 aliphatic rings. The summed E-state index contributed by atoms with van der Waals surface area (Å²) in [4.78, 5) is 2.40. The third-order valence-electron chi connectivity index (χ3n) is 3.23. The molecule has 4 heteroatoms. The van der Waals surface area contributed by atoms with Crippen LogP contribution in [0.4, 0.5) is 5.69 Å². The largest absolute Gasteiger partial charge is 0.396 e. The molecule has 1 fully saturated rings. The monoisotopic (exact) mass is 298 g/mol. The minimum atomic E-state index is 0.255. The predicted molar refractivity (Wildman–Crippen MR) is 74.6 cm³/mol. The number of piperazine rings is 1. The average Bonchev–Trinajstić information content (AvgIpc) is 2.29. The van der Waals surface area contributed by atoms with Crippen LogP contribution in [0.5, 0.6) is 0 Å². The number of aliphatic hydroxyl groups excluding tert-OH is 1. The maximum atomic E-state index is 9.00.